The Kier molecular flexibility index (Phi) is 5.15. The van der Waals surface area contributed by atoms with Gasteiger partial charge in [0.2, 0.25) is 0 Å². The minimum Gasteiger partial charge on any atom is -0.486 e. The van der Waals surface area contributed by atoms with Crippen molar-refractivity contribution in [3.8, 4) is 22.9 Å². The van der Waals surface area contributed by atoms with Gasteiger partial charge in [-0.3, -0.25) is 4.68 Å². The number of nitrogens with zero attached hydrogens (tertiary/aromatic N) is 7. The lowest BCUT2D eigenvalue weighted by atomic mass is 10.0. The number of nitrogens with two attached hydrogens (primary N) is 2. The van der Waals surface area contributed by atoms with Crippen LogP contribution >= 0.6 is 0 Å². The van der Waals surface area contributed by atoms with E-state index in [4.69, 9.17) is 26.0 Å². The summed E-state index contributed by atoms with van der Waals surface area (Å²) < 4.78 is 15.8. The molecule has 0 aromatic carbocycles. The largest absolute Gasteiger partial charge is 0.486 e. The lowest BCUT2D eigenvalue weighted by Gasteiger charge is -2.14. The third-order valence-electron chi connectivity index (χ3n) is 6.97. The zero-order valence-electron chi connectivity index (χ0n) is 20.8. The van der Waals surface area contributed by atoms with Crippen LogP contribution in [0.2, 0.25) is 0 Å². The van der Waals surface area contributed by atoms with Gasteiger partial charge in [-0.2, -0.15) is 5.10 Å². The maximum absolute atomic E-state index is 6.35. The summed E-state index contributed by atoms with van der Waals surface area (Å²) in [7, 11) is 0. The third-order valence-corrected chi connectivity index (χ3v) is 6.97. The summed E-state index contributed by atoms with van der Waals surface area (Å²) in [6.45, 7) is 4.17. The second-order valence-corrected chi connectivity index (χ2v) is 9.59. The number of aryl methyl sites for hydroxylation is 2. The molecule has 0 saturated heterocycles. The van der Waals surface area contributed by atoms with Crippen molar-refractivity contribution in [1.82, 2.24) is 34.3 Å². The van der Waals surface area contributed by atoms with Gasteiger partial charge in [-0.15, -0.1) is 0 Å². The molecule has 5 aromatic heterocycles. The number of pyridine rings is 3. The number of fused-ring (bicyclic) bond motifs is 4. The van der Waals surface area contributed by atoms with E-state index in [9.17, 15) is 0 Å². The summed E-state index contributed by atoms with van der Waals surface area (Å²) >= 11 is 0. The average molecular weight is 511 g/mol. The van der Waals surface area contributed by atoms with E-state index in [1.807, 2.05) is 36.1 Å². The van der Waals surface area contributed by atoms with Crippen LogP contribution in [0.3, 0.4) is 0 Å². The van der Waals surface area contributed by atoms with Crippen LogP contribution in [0.4, 0.5) is 17.5 Å². The van der Waals surface area contributed by atoms with Crippen molar-refractivity contribution in [3.05, 3.63) is 60.1 Å². The molecular weight excluding hydrogens is 484 g/mol. The molecule has 0 spiro atoms. The van der Waals surface area contributed by atoms with Crippen LogP contribution in [0.25, 0.3) is 22.0 Å². The van der Waals surface area contributed by atoms with E-state index in [0.29, 0.717) is 48.7 Å². The minimum atomic E-state index is -0.214. The van der Waals surface area contributed by atoms with Crippen molar-refractivity contribution in [3.63, 3.8) is 0 Å². The molecular formula is C26H26N10O2. The number of hydrogen-bond acceptors (Lipinski definition) is 10. The molecule has 0 fully saturated rings. The van der Waals surface area contributed by atoms with Gasteiger partial charge in [0.15, 0.2) is 11.6 Å². The summed E-state index contributed by atoms with van der Waals surface area (Å²) in [5.74, 6) is 3.79. The Labute approximate surface area is 217 Å². The second kappa shape index (κ2) is 8.70. The zero-order chi connectivity index (χ0) is 25.8. The van der Waals surface area contributed by atoms with Crippen molar-refractivity contribution in [1.29, 1.82) is 0 Å². The van der Waals surface area contributed by atoms with Crippen molar-refractivity contribution >= 4 is 28.2 Å². The average Bonchev–Trinajstić information content (AvgIpc) is 3.41. The molecule has 192 valence electrons. The van der Waals surface area contributed by atoms with Crippen LogP contribution in [-0.4, -0.2) is 53.5 Å². The van der Waals surface area contributed by atoms with E-state index < -0.39 is 0 Å². The molecule has 7 rings (SSSR count). The quantitative estimate of drug-likeness (QED) is 0.329. The van der Waals surface area contributed by atoms with E-state index in [1.165, 1.54) is 0 Å². The molecule has 5 N–H and O–H groups in total. The normalized spacial score (nSPS) is 16.4. The number of imidazole rings is 1. The Hall–Kier alpha value is -4.71. The molecule has 0 aliphatic carbocycles. The number of rotatable bonds is 3. The highest BCUT2D eigenvalue weighted by Crippen LogP contribution is 2.38. The first-order valence-corrected chi connectivity index (χ1v) is 12.4. The number of anilines is 3. The fraction of sp³-hybridized carbons (Fsp3) is 0.269. The smallest absolute Gasteiger partial charge is 0.257 e. The standard InChI is InChI=1S/C26H26N10O2/c1-14-18(9-31-26-24(14)37-12-16(27)13-38-26)20-6-15-7-21(30-10-19(15)25(28)32-20)33-22-8-17-2-4-35-5-3-29-23(35)11-36(17)34-22/h3,5-10,16H,2,4,11-13,27H2,1H3,(H2,28,32)(H,30,33,34)/t16-/m1/s1. The Morgan fingerprint density at radius 3 is 2.87 bits per heavy atom. The van der Waals surface area contributed by atoms with Crippen LogP contribution in [-0.2, 0) is 19.5 Å². The molecule has 5 aromatic rings. The van der Waals surface area contributed by atoms with E-state index in [0.717, 1.165) is 52.2 Å². The van der Waals surface area contributed by atoms with Gasteiger partial charge in [0.05, 0.1) is 18.3 Å². The molecule has 1 atom stereocenters. The van der Waals surface area contributed by atoms with Crippen LogP contribution in [0.15, 0.2) is 43.0 Å². The van der Waals surface area contributed by atoms with Crippen LogP contribution in [0.1, 0.15) is 17.1 Å². The fourth-order valence-corrected chi connectivity index (χ4v) is 4.95. The van der Waals surface area contributed by atoms with Gasteiger partial charge in [-0.25, -0.2) is 19.9 Å². The van der Waals surface area contributed by atoms with Crippen molar-refractivity contribution in [2.45, 2.75) is 32.5 Å². The highest BCUT2D eigenvalue weighted by Gasteiger charge is 2.22. The highest BCUT2D eigenvalue weighted by molar-refractivity contribution is 5.95. The molecule has 12 nitrogen and oxygen atoms in total. The molecule has 0 saturated carbocycles. The van der Waals surface area contributed by atoms with Gasteiger partial charge in [0, 0.05) is 66.0 Å². The molecule has 0 amide bonds. The van der Waals surface area contributed by atoms with Crippen LogP contribution in [0, 0.1) is 6.92 Å². The number of aromatic nitrogens is 7. The van der Waals surface area contributed by atoms with E-state index in [-0.39, 0.29) is 6.04 Å². The first kappa shape index (κ1) is 22.5. The van der Waals surface area contributed by atoms with Gasteiger partial charge >= 0.3 is 0 Å². The third kappa shape index (κ3) is 3.86. The molecule has 12 heteroatoms. The molecule has 0 radical (unpaired) electrons. The summed E-state index contributed by atoms with van der Waals surface area (Å²) in [4.78, 5) is 18.1. The number of hydrogen-bond donors (Lipinski definition) is 3. The summed E-state index contributed by atoms with van der Waals surface area (Å²) in [5.41, 5.74) is 15.8. The van der Waals surface area contributed by atoms with E-state index in [1.54, 1.807) is 12.4 Å². The highest BCUT2D eigenvalue weighted by atomic mass is 16.5. The second-order valence-electron chi connectivity index (χ2n) is 9.59. The summed E-state index contributed by atoms with van der Waals surface area (Å²) in [6.07, 6.45) is 8.17. The number of ether oxygens (including phenoxy) is 2. The van der Waals surface area contributed by atoms with Gasteiger partial charge in [0.25, 0.3) is 5.88 Å². The lowest BCUT2D eigenvalue weighted by Crippen LogP contribution is -2.32. The molecule has 2 aliphatic heterocycles. The van der Waals surface area contributed by atoms with E-state index in [2.05, 4.69) is 35.9 Å². The number of nitrogen functional groups attached to an aromatic ring is 1. The Balaban J connectivity index is 1.21. The fourth-order valence-electron chi connectivity index (χ4n) is 4.95. The van der Waals surface area contributed by atoms with Crippen molar-refractivity contribution < 1.29 is 9.47 Å². The summed E-state index contributed by atoms with van der Waals surface area (Å²) in [6, 6.07) is 5.76. The maximum Gasteiger partial charge on any atom is 0.257 e. The predicted molar refractivity (Wildman–Crippen MR) is 141 cm³/mol. The van der Waals surface area contributed by atoms with Crippen LogP contribution < -0.4 is 26.3 Å². The van der Waals surface area contributed by atoms with E-state index >= 15 is 0 Å². The van der Waals surface area contributed by atoms with Crippen molar-refractivity contribution in [2.24, 2.45) is 5.73 Å². The molecule has 38 heavy (non-hydrogen) atoms. The zero-order valence-corrected chi connectivity index (χ0v) is 20.8. The Bertz CT molecular complexity index is 1690. The number of nitrogens with one attached hydrogen (secondary N) is 1. The lowest BCUT2D eigenvalue weighted by molar-refractivity contribution is 0.261. The topological polar surface area (TPSA) is 157 Å². The van der Waals surface area contributed by atoms with Crippen LogP contribution in [0.5, 0.6) is 11.6 Å². The Morgan fingerprint density at radius 2 is 1.95 bits per heavy atom. The van der Waals surface area contributed by atoms with Crippen molar-refractivity contribution in [2.75, 3.05) is 24.3 Å². The van der Waals surface area contributed by atoms with Gasteiger partial charge in [-0.05, 0) is 24.4 Å². The van der Waals surface area contributed by atoms with Gasteiger partial charge in [0.1, 0.15) is 30.7 Å². The molecule has 0 unspecified atom stereocenters. The Morgan fingerprint density at radius 1 is 1.05 bits per heavy atom. The SMILES string of the molecule is Cc1c(-c2cc3cc(Nc4cc5n(n4)Cc4nccn4CC5)ncc3c(N)n2)cnc2c1OC[C@@H](N)CO2. The van der Waals surface area contributed by atoms with Gasteiger partial charge < -0.3 is 30.8 Å². The first-order chi connectivity index (χ1) is 18.5. The first-order valence-electron chi connectivity index (χ1n) is 12.4. The summed E-state index contributed by atoms with van der Waals surface area (Å²) in [5, 5.41) is 9.74. The molecule has 2 aliphatic rings. The van der Waals surface area contributed by atoms with Gasteiger partial charge in [-0.1, -0.05) is 0 Å². The monoisotopic (exact) mass is 510 g/mol. The predicted octanol–water partition coefficient (Wildman–Crippen LogP) is 2.42. The maximum atomic E-state index is 6.35. The molecule has 7 heterocycles. The minimum absolute atomic E-state index is 0.214. The molecule has 0 bridgehead atoms.